The molecule has 0 bridgehead atoms. The maximum atomic E-state index is 12.7. The Morgan fingerprint density at radius 2 is 1.75 bits per heavy atom. The van der Waals surface area contributed by atoms with Crippen molar-refractivity contribution < 1.29 is 22.7 Å². The monoisotopic (exact) mass is 406 g/mol. The lowest BCUT2D eigenvalue weighted by Gasteiger charge is -2.16. The first-order valence-corrected chi connectivity index (χ1v) is 10.4. The number of nitrogens with one attached hydrogen (secondary N) is 2. The third kappa shape index (κ3) is 5.24. The lowest BCUT2D eigenvalue weighted by atomic mass is 10.1. The van der Waals surface area contributed by atoms with Crippen LogP contribution in [0.25, 0.3) is 0 Å². The molecule has 0 saturated carbocycles. The van der Waals surface area contributed by atoms with Crippen LogP contribution in [0.3, 0.4) is 0 Å². The number of carbonyl (C=O) groups excluding carboxylic acids is 1. The lowest BCUT2D eigenvalue weighted by Crippen LogP contribution is -2.28. The minimum atomic E-state index is -3.78. The van der Waals surface area contributed by atoms with Gasteiger partial charge in [-0.15, -0.1) is 0 Å². The van der Waals surface area contributed by atoms with E-state index < -0.39 is 10.0 Å². The molecule has 7 nitrogen and oxygen atoms in total. The Kier molecular flexibility index (Phi) is 7.42. The molecule has 0 fully saturated rings. The summed E-state index contributed by atoms with van der Waals surface area (Å²) in [5.41, 5.74) is 1.14. The Morgan fingerprint density at radius 3 is 2.32 bits per heavy atom. The van der Waals surface area contributed by atoms with Crippen molar-refractivity contribution in [3.63, 3.8) is 0 Å². The molecule has 2 N–H and O–H groups in total. The number of ether oxygens (including phenoxy) is 2. The molecule has 0 aliphatic rings. The molecule has 0 aliphatic heterocycles. The Balaban J connectivity index is 2.24. The molecule has 1 amide bonds. The van der Waals surface area contributed by atoms with Crippen LogP contribution in [-0.2, 0) is 10.0 Å². The SMILES string of the molecule is CCCNS(=O)(=O)c1cc(C(=O)N[C@H](C)c2ccc(OC)cc2)ccc1OC. The van der Waals surface area contributed by atoms with Gasteiger partial charge in [-0.2, -0.15) is 0 Å². The fourth-order valence-corrected chi connectivity index (χ4v) is 3.92. The summed E-state index contributed by atoms with van der Waals surface area (Å²) in [6, 6.07) is 11.4. The van der Waals surface area contributed by atoms with Crippen molar-refractivity contribution in [1.29, 1.82) is 0 Å². The predicted molar refractivity (Wildman–Crippen MR) is 107 cm³/mol. The maximum absolute atomic E-state index is 12.7. The van der Waals surface area contributed by atoms with E-state index in [4.69, 9.17) is 9.47 Å². The highest BCUT2D eigenvalue weighted by Crippen LogP contribution is 2.25. The van der Waals surface area contributed by atoms with Crippen molar-refractivity contribution in [2.24, 2.45) is 0 Å². The van der Waals surface area contributed by atoms with Gasteiger partial charge < -0.3 is 14.8 Å². The normalized spacial score (nSPS) is 12.3. The Labute approximate surface area is 166 Å². The number of methoxy groups -OCH3 is 2. The number of sulfonamides is 1. The van der Waals surface area contributed by atoms with Crippen LogP contribution in [0, 0.1) is 0 Å². The standard InChI is InChI=1S/C20H26N2O5S/c1-5-12-21-28(24,25)19-13-16(8-11-18(19)27-4)20(23)22-14(2)15-6-9-17(26-3)10-7-15/h6-11,13-14,21H,5,12H2,1-4H3,(H,22,23)/t14-/m1/s1. The molecule has 1 atom stereocenters. The molecular formula is C20H26N2O5S. The van der Waals surface area contributed by atoms with Crippen molar-refractivity contribution >= 4 is 15.9 Å². The molecular weight excluding hydrogens is 380 g/mol. The highest BCUT2D eigenvalue weighted by atomic mass is 32.2. The number of rotatable bonds is 9. The molecule has 0 radical (unpaired) electrons. The second-order valence-electron chi connectivity index (χ2n) is 6.23. The number of benzene rings is 2. The van der Waals surface area contributed by atoms with Crippen molar-refractivity contribution in [2.45, 2.75) is 31.2 Å². The average molecular weight is 407 g/mol. The summed E-state index contributed by atoms with van der Waals surface area (Å²) in [5.74, 6) is 0.535. The van der Waals surface area contributed by atoms with Crippen LogP contribution in [0.4, 0.5) is 0 Å². The van der Waals surface area contributed by atoms with Gasteiger partial charge in [0.05, 0.1) is 20.3 Å². The third-order valence-electron chi connectivity index (χ3n) is 4.22. The van der Waals surface area contributed by atoms with E-state index in [1.165, 1.54) is 25.3 Å². The molecule has 0 saturated heterocycles. The van der Waals surface area contributed by atoms with Crippen molar-refractivity contribution in [3.8, 4) is 11.5 Å². The summed E-state index contributed by atoms with van der Waals surface area (Å²) < 4.78 is 37.8. The zero-order valence-corrected chi connectivity index (χ0v) is 17.3. The summed E-state index contributed by atoms with van der Waals surface area (Å²) in [6.07, 6.45) is 0.654. The van der Waals surface area contributed by atoms with Crippen LogP contribution in [-0.4, -0.2) is 35.1 Å². The number of carbonyl (C=O) groups is 1. The van der Waals surface area contributed by atoms with Crippen LogP contribution < -0.4 is 19.5 Å². The van der Waals surface area contributed by atoms with Gasteiger partial charge in [0.2, 0.25) is 10.0 Å². The Morgan fingerprint density at radius 1 is 1.07 bits per heavy atom. The zero-order valence-electron chi connectivity index (χ0n) is 16.5. The molecule has 28 heavy (non-hydrogen) atoms. The van der Waals surface area contributed by atoms with Crippen LogP contribution in [0.15, 0.2) is 47.4 Å². The lowest BCUT2D eigenvalue weighted by molar-refractivity contribution is 0.0939. The smallest absolute Gasteiger partial charge is 0.251 e. The Bertz CT molecular complexity index is 911. The van der Waals surface area contributed by atoms with E-state index >= 15 is 0 Å². The van der Waals surface area contributed by atoms with E-state index in [-0.39, 0.29) is 28.2 Å². The quantitative estimate of drug-likeness (QED) is 0.668. The van der Waals surface area contributed by atoms with Gasteiger partial charge >= 0.3 is 0 Å². The largest absolute Gasteiger partial charge is 0.497 e. The van der Waals surface area contributed by atoms with Crippen LogP contribution in [0.2, 0.25) is 0 Å². The molecule has 8 heteroatoms. The minimum Gasteiger partial charge on any atom is -0.497 e. The maximum Gasteiger partial charge on any atom is 0.251 e. The van der Waals surface area contributed by atoms with Gasteiger partial charge in [-0.1, -0.05) is 19.1 Å². The first-order valence-electron chi connectivity index (χ1n) is 8.95. The third-order valence-corrected chi connectivity index (χ3v) is 5.70. The molecule has 0 spiro atoms. The molecule has 2 aromatic rings. The van der Waals surface area contributed by atoms with Gasteiger partial charge in [0, 0.05) is 12.1 Å². The fraction of sp³-hybridized carbons (Fsp3) is 0.350. The summed E-state index contributed by atoms with van der Waals surface area (Å²) in [7, 11) is -0.802. The van der Waals surface area contributed by atoms with Crippen molar-refractivity contribution in [2.75, 3.05) is 20.8 Å². The van der Waals surface area contributed by atoms with Gasteiger partial charge in [0.15, 0.2) is 0 Å². The second-order valence-corrected chi connectivity index (χ2v) is 7.97. The summed E-state index contributed by atoms with van der Waals surface area (Å²) in [4.78, 5) is 12.6. The highest BCUT2D eigenvalue weighted by Gasteiger charge is 2.22. The van der Waals surface area contributed by atoms with Gasteiger partial charge in [-0.3, -0.25) is 4.79 Å². The molecule has 2 rings (SSSR count). The van der Waals surface area contributed by atoms with Crippen LogP contribution >= 0.6 is 0 Å². The van der Waals surface area contributed by atoms with Gasteiger partial charge in [-0.05, 0) is 49.2 Å². The number of hydrogen-bond acceptors (Lipinski definition) is 5. The number of amides is 1. The predicted octanol–water partition coefficient (Wildman–Crippen LogP) is 2.88. The van der Waals surface area contributed by atoms with Gasteiger partial charge in [-0.25, -0.2) is 13.1 Å². The minimum absolute atomic E-state index is 0.0619. The summed E-state index contributed by atoms with van der Waals surface area (Å²) >= 11 is 0. The topological polar surface area (TPSA) is 93.7 Å². The molecule has 0 heterocycles. The first-order chi connectivity index (χ1) is 13.3. The highest BCUT2D eigenvalue weighted by molar-refractivity contribution is 7.89. The summed E-state index contributed by atoms with van der Waals surface area (Å²) in [5, 5.41) is 2.87. The van der Waals surface area contributed by atoms with Crippen LogP contribution in [0.1, 0.15) is 42.2 Å². The first kappa shape index (κ1) is 21.7. The Hall–Kier alpha value is -2.58. The average Bonchev–Trinajstić information content (AvgIpc) is 2.71. The van der Waals surface area contributed by atoms with Crippen molar-refractivity contribution in [3.05, 3.63) is 53.6 Å². The fourth-order valence-electron chi connectivity index (χ4n) is 2.60. The van der Waals surface area contributed by atoms with E-state index in [2.05, 4.69) is 10.0 Å². The summed E-state index contributed by atoms with van der Waals surface area (Å²) in [6.45, 7) is 4.02. The zero-order chi connectivity index (χ0) is 20.7. The number of hydrogen-bond donors (Lipinski definition) is 2. The van der Waals surface area contributed by atoms with Crippen molar-refractivity contribution in [1.82, 2.24) is 10.0 Å². The molecule has 152 valence electrons. The molecule has 2 aromatic carbocycles. The van der Waals surface area contributed by atoms with Crippen LogP contribution in [0.5, 0.6) is 11.5 Å². The van der Waals surface area contributed by atoms with Gasteiger partial charge in [0.25, 0.3) is 5.91 Å². The van der Waals surface area contributed by atoms with E-state index in [1.54, 1.807) is 7.11 Å². The van der Waals surface area contributed by atoms with E-state index in [0.29, 0.717) is 13.0 Å². The van der Waals surface area contributed by atoms with E-state index in [9.17, 15) is 13.2 Å². The van der Waals surface area contributed by atoms with Gasteiger partial charge in [0.1, 0.15) is 16.4 Å². The second kappa shape index (κ2) is 9.57. The molecule has 0 aromatic heterocycles. The van der Waals surface area contributed by atoms with E-state index in [0.717, 1.165) is 11.3 Å². The molecule has 0 aliphatic carbocycles. The molecule has 0 unspecified atom stereocenters. The van der Waals surface area contributed by atoms with E-state index in [1.807, 2.05) is 38.1 Å².